The molecule has 0 radical (unpaired) electrons. The second-order valence-corrected chi connectivity index (χ2v) is 4.44. The van der Waals surface area contributed by atoms with Gasteiger partial charge in [-0.1, -0.05) is 0 Å². The zero-order chi connectivity index (χ0) is 13.1. The molecule has 6 nitrogen and oxygen atoms in total. The fourth-order valence-corrected chi connectivity index (χ4v) is 2.12. The molecule has 0 spiro atoms. The summed E-state index contributed by atoms with van der Waals surface area (Å²) < 4.78 is 4.95. The maximum atomic E-state index is 11.7. The maximum absolute atomic E-state index is 11.7. The lowest BCUT2D eigenvalue weighted by atomic mass is 10.3. The SMILES string of the molecule is CC(NC(=O)c1ccco1)c1nc(C(=O)O)cs1. The molecule has 2 N–H and O–H groups in total. The topological polar surface area (TPSA) is 92.4 Å². The molecule has 0 saturated carbocycles. The van der Waals surface area contributed by atoms with Crippen molar-refractivity contribution >= 4 is 23.2 Å². The van der Waals surface area contributed by atoms with E-state index in [4.69, 9.17) is 9.52 Å². The number of hydrogen-bond donors (Lipinski definition) is 2. The van der Waals surface area contributed by atoms with Crippen LogP contribution in [-0.4, -0.2) is 22.0 Å². The molecule has 0 fully saturated rings. The summed E-state index contributed by atoms with van der Waals surface area (Å²) in [6, 6.07) is 2.79. The predicted octanol–water partition coefficient (Wildman–Crippen LogP) is 1.93. The van der Waals surface area contributed by atoms with Gasteiger partial charge in [-0.2, -0.15) is 0 Å². The van der Waals surface area contributed by atoms with E-state index in [2.05, 4.69) is 10.3 Å². The average Bonchev–Trinajstić information content (AvgIpc) is 3.00. The molecule has 0 aliphatic carbocycles. The number of rotatable bonds is 4. The quantitative estimate of drug-likeness (QED) is 0.882. The van der Waals surface area contributed by atoms with Gasteiger partial charge in [-0.3, -0.25) is 4.79 Å². The Morgan fingerprint density at radius 1 is 1.56 bits per heavy atom. The van der Waals surface area contributed by atoms with Gasteiger partial charge in [-0.05, 0) is 19.1 Å². The highest BCUT2D eigenvalue weighted by atomic mass is 32.1. The number of carbonyl (C=O) groups is 2. The Morgan fingerprint density at radius 2 is 2.33 bits per heavy atom. The molecule has 0 aliphatic heterocycles. The Balaban J connectivity index is 2.05. The van der Waals surface area contributed by atoms with Crippen LogP contribution in [0.15, 0.2) is 28.2 Å². The minimum atomic E-state index is -1.08. The zero-order valence-corrected chi connectivity index (χ0v) is 10.2. The molecule has 1 unspecified atom stereocenters. The minimum absolute atomic E-state index is 0.0194. The number of carboxylic acids is 1. The molecule has 2 rings (SSSR count). The molecule has 2 aromatic heterocycles. The Hall–Kier alpha value is -2.15. The molecule has 18 heavy (non-hydrogen) atoms. The first-order chi connectivity index (χ1) is 8.58. The lowest BCUT2D eigenvalue weighted by Crippen LogP contribution is -2.26. The number of carboxylic acid groups (broad SMARTS) is 1. The molecule has 0 aromatic carbocycles. The molecule has 2 aromatic rings. The fraction of sp³-hybridized carbons (Fsp3) is 0.182. The van der Waals surface area contributed by atoms with Crippen LogP contribution in [0.4, 0.5) is 0 Å². The summed E-state index contributed by atoms with van der Waals surface area (Å²) >= 11 is 1.19. The molecule has 2 heterocycles. The van der Waals surface area contributed by atoms with Gasteiger partial charge in [-0.25, -0.2) is 9.78 Å². The molecule has 7 heteroatoms. The largest absolute Gasteiger partial charge is 0.476 e. The average molecular weight is 266 g/mol. The van der Waals surface area contributed by atoms with Gasteiger partial charge in [0.1, 0.15) is 5.01 Å². The highest BCUT2D eigenvalue weighted by molar-refractivity contribution is 7.09. The summed E-state index contributed by atoms with van der Waals surface area (Å²) in [4.78, 5) is 26.3. The van der Waals surface area contributed by atoms with Gasteiger partial charge in [0.05, 0.1) is 12.3 Å². The number of hydrogen-bond acceptors (Lipinski definition) is 5. The minimum Gasteiger partial charge on any atom is -0.476 e. The van der Waals surface area contributed by atoms with Crippen molar-refractivity contribution in [1.82, 2.24) is 10.3 Å². The number of aromatic nitrogens is 1. The van der Waals surface area contributed by atoms with E-state index in [0.717, 1.165) is 0 Å². The zero-order valence-electron chi connectivity index (χ0n) is 9.41. The lowest BCUT2D eigenvalue weighted by molar-refractivity contribution is 0.0691. The van der Waals surface area contributed by atoms with Crippen molar-refractivity contribution in [3.05, 3.63) is 40.2 Å². The van der Waals surface area contributed by atoms with Crippen LogP contribution in [0.25, 0.3) is 0 Å². The Bertz CT molecular complexity index is 561. The van der Waals surface area contributed by atoms with Crippen molar-refractivity contribution in [3.8, 4) is 0 Å². The van der Waals surface area contributed by atoms with Gasteiger partial charge in [0.2, 0.25) is 0 Å². The third kappa shape index (κ3) is 2.57. The van der Waals surface area contributed by atoms with Crippen molar-refractivity contribution in [1.29, 1.82) is 0 Å². The first kappa shape index (κ1) is 12.3. The number of thiazole rings is 1. The molecule has 0 bridgehead atoms. The smallest absolute Gasteiger partial charge is 0.355 e. The van der Waals surface area contributed by atoms with E-state index in [1.165, 1.54) is 23.0 Å². The normalized spacial score (nSPS) is 12.1. The molecule has 94 valence electrons. The predicted molar refractivity (Wildman–Crippen MR) is 63.7 cm³/mol. The summed E-state index contributed by atoms with van der Waals surface area (Å²) in [6.45, 7) is 1.73. The Kier molecular flexibility index (Phi) is 3.42. The van der Waals surface area contributed by atoms with Crippen LogP contribution < -0.4 is 5.32 Å². The van der Waals surface area contributed by atoms with Crippen molar-refractivity contribution < 1.29 is 19.1 Å². The maximum Gasteiger partial charge on any atom is 0.355 e. The van der Waals surface area contributed by atoms with Crippen molar-refractivity contribution in [3.63, 3.8) is 0 Å². The second kappa shape index (κ2) is 5.01. The van der Waals surface area contributed by atoms with Crippen LogP contribution in [-0.2, 0) is 0 Å². The number of furan rings is 1. The van der Waals surface area contributed by atoms with Crippen LogP contribution in [0.1, 0.15) is 39.0 Å². The van der Waals surface area contributed by atoms with Crippen LogP contribution >= 0.6 is 11.3 Å². The van der Waals surface area contributed by atoms with Gasteiger partial charge in [0.25, 0.3) is 5.91 Å². The summed E-state index contributed by atoms with van der Waals surface area (Å²) in [5.41, 5.74) is -0.0194. The van der Waals surface area contributed by atoms with Gasteiger partial charge >= 0.3 is 5.97 Å². The van der Waals surface area contributed by atoms with Crippen LogP contribution in [0, 0.1) is 0 Å². The summed E-state index contributed by atoms with van der Waals surface area (Å²) in [7, 11) is 0. The number of carbonyl (C=O) groups excluding carboxylic acids is 1. The standard InChI is InChI=1S/C11H10N2O4S/c1-6(10-13-7(5-18-10)11(15)16)12-9(14)8-3-2-4-17-8/h2-6H,1H3,(H,12,14)(H,15,16). The first-order valence-corrected chi connectivity index (χ1v) is 5.99. The van der Waals surface area contributed by atoms with E-state index in [1.807, 2.05) is 0 Å². The van der Waals surface area contributed by atoms with Gasteiger partial charge in [0.15, 0.2) is 11.5 Å². The number of nitrogens with one attached hydrogen (secondary N) is 1. The van der Waals surface area contributed by atoms with Crippen molar-refractivity contribution in [2.24, 2.45) is 0 Å². The lowest BCUT2D eigenvalue weighted by Gasteiger charge is -2.09. The van der Waals surface area contributed by atoms with E-state index in [9.17, 15) is 9.59 Å². The summed E-state index contributed by atoms with van der Waals surface area (Å²) in [5.74, 6) is -1.24. The van der Waals surface area contributed by atoms with E-state index in [-0.39, 0.29) is 23.4 Å². The monoisotopic (exact) mass is 266 g/mol. The van der Waals surface area contributed by atoms with Crippen LogP contribution in [0.2, 0.25) is 0 Å². The first-order valence-electron chi connectivity index (χ1n) is 5.11. The van der Waals surface area contributed by atoms with Gasteiger partial charge in [0, 0.05) is 5.38 Å². The Morgan fingerprint density at radius 3 is 2.89 bits per heavy atom. The summed E-state index contributed by atoms with van der Waals surface area (Å²) in [6.07, 6.45) is 1.41. The highest BCUT2D eigenvalue weighted by Gasteiger charge is 2.17. The highest BCUT2D eigenvalue weighted by Crippen LogP contribution is 2.18. The third-order valence-corrected chi connectivity index (χ3v) is 3.23. The fourth-order valence-electron chi connectivity index (χ4n) is 1.32. The van der Waals surface area contributed by atoms with E-state index >= 15 is 0 Å². The second-order valence-electron chi connectivity index (χ2n) is 3.55. The van der Waals surface area contributed by atoms with E-state index < -0.39 is 5.97 Å². The van der Waals surface area contributed by atoms with E-state index in [1.54, 1.807) is 19.1 Å². The number of amides is 1. The number of nitrogens with zero attached hydrogens (tertiary/aromatic N) is 1. The van der Waals surface area contributed by atoms with Crippen molar-refractivity contribution in [2.45, 2.75) is 13.0 Å². The van der Waals surface area contributed by atoms with Crippen LogP contribution in [0.3, 0.4) is 0 Å². The molecular weight excluding hydrogens is 256 g/mol. The number of aromatic carboxylic acids is 1. The van der Waals surface area contributed by atoms with Gasteiger partial charge < -0.3 is 14.8 Å². The van der Waals surface area contributed by atoms with Gasteiger partial charge in [-0.15, -0.1) is 11.3 Å². The van der Waals surface area contributed by atoms with Crippen LogP contribution in [0.5, 0.6) is 0 Å². The molecule has 1 amide bonds. The van der Waals surface area contributed by atoms with Crippen molar-refractivity contribution in [2.75, 3.05) is 0 Å². The summed E-state index contributed by atoms with van der Waals surface area (Å²) in [5, 5.41) is 13.4. The third-order valence-electron chi connectivity index (χ3n) is 2.20. The molecule has 1 atom stereocenters. The molecular formula is C11H10N2O4S. The molecule has 0 aliphatic rings. The van der Waals surface area contributed by atoms with E-state index in [0.29, 0.717) is 5.01 Å². The Labute approximate surface area is 106 Å². The molecule has 0 saturated heterocycles.